The zero-order valence-electron chi connectivity index (χ0n) is 13.9. The van der Waals surface area contributed by atoms with Crippen LogP contribution in [0.1, 0.15) is 42.6 Å². The SMILES string of the molecule is CCOc1ccccc1N/C=C/C(=O)c1ccc(C(C)C)cc1. The summed E-state index contributed by atoms with van der Waals surface area (Å²) >= 11 is 0. The molecule has 23 heavy (non-hydrogen) atoms. The van der Waals surface area contributed by atoms with Crippen molar-refractivity contribution in [3.63, 3.8) is 0 Å². The lowest BCUT2D eigenvalue weighted by molar-refractivity contribution is 0.104. The van der Waals surface area contributed by atoms with Crippen LogP contribution in [0.3, 0.4) is 0 Å². The van der Waals surface area contributed by atoms with Crippen LogP contribution in [0.15, 0.2) is 60.8 Å². The summed E-state index contributed by atoms with van der Waals surface area (Å²) in [5, 5.41) is 3.10. The van der Waals surface area contributed by atoms with Gasteiger partial charge in [0.2, 0.25) is 0 Å². The van der Waals surface area contributed by atoms with Crippen molar-refractivity contribution >= 4 is 11.5 Å². The van der Waals surface area contributed by atoms with Crippen molar-refractivity contribution in [3.05, 3.63) is 71.9 Å². The Labute approximate surface area is 138 Å². The molecule has 0 aromatic heterocycles. The molecule has 0 heterocycles. The zero-order valence-corrected chi connectivity index (χ0v) is 13.9. The molecule has 0 fully saturated rings. The van der Waals surface area contributed by atoms with Gasteiger partial charge in [0, 0.05) is 17.8 Å². The number of allylic oxidation sites excluding steroid dienone is 1. The van der Waals surface area contributed by atoms with E-state index < -0.39 is 0 Å². The number of para-hydroxylation sites is 2. The molecule has 0 saturated heterocycles. The van der Waals surface area contributed by atoms with E-state index in [1.807, 2.05) is 55.5 Å². The lowest BCUT2D eigenvalue weighted by Gasteiger charge is -2.09. The van der Waals surface area contributed by atoms with Gasteiger partial charge in [0.15, 0.2) is 5.78 Å². The molecule has 0 aliphatic rings. The second-order valence-electron chi connectivity index (χ2n) is 5.55. The molecule has 3 nitrogen and oxygen atoms in total. The monoisotopic (exact) mass is 309 g/mol. The van der Waals surface area contributed by atoms with Crippen LogP contribution in [-0.2, 0) is 0 Å². The first-order chi connectivity index (χ1) is 11.1. The second-order valence-corrected chi connectivity index (χ2v) is 5.55. The molecule has 1 N–H and O–H groups in total. The topological polar surface area (TPSA) is 38.3 Å². The molecule has 3 heteroatoms. The van der Waals surface area contributed by atoms with Crippen LogP contribution in [0.4, 0.5) is 5.69 Å². The summed E-state index contributed by atoms with van der Waals surface area (Å²) in [7, 11) is 0. The van der Waals surface area contributed by atoms with Gasteiger partial charge in [-0.3, -0.25) is 4.79 Å². The molecule has 0 saturated carbocycles. The van der Waals surface area contributed by atoms with Gasteiger partial charge in [-0.05, 0) is 30.5 Å². The van der Waals surface area contributed by atoms with Crippen LogP contribution in [0, 0.1) is 0 Å². The fourth-order valence-electron chi connectivity index (χ4n) is 2.20. The van der Waals surface area contributed by atoms with E-state index in [1.54, 1.807) is 6.20 Å². The highest BCUT2D eigenvalue weighted by atomic mass is 16.5. The van der Waals surface area contributed by atoms with Gasteiger partial charge in [-0.2, -0.15) is 0 Å². The van der Waals surface area contributed by atoms with E-state index in [-0.39, 0.29) is 5.78 Å². The summed E-state index contributed by atoms with van der Waals surface area (Å²) in [5.41, 5.74) is 2.76. The number of anilines is 1. The van der Waals surface area contributed by atoms with E-state index in [1.165, 1.54) is 11.6 Å². The lowest BCUT2D eigenvalue weighted by atomic mass is 10.0. The van der Waals surface area contributed by atoms with Crippen molar-refractivity contribution in [2.45, 2.75) is 26.7 Å². The minimum absolute atomic E-state index is 0.0262. The highest BCUT2D eigenvalue weighted by Gasteiger charge is 2.04. The molecule has 0 amide bonds. The highest BCUT2D eigenvalue weighted by Crippen LogP contribution is 2.23. The number of ketones is 1. The minimum Gasteiger partial charge on any atom is -0.492 e. The van der Waals surface area contributed by atoms with Gasteiger partial charge in [-0.25, -0.2) is 0 Å². The van der Waals surface area contributed by atoms with Gasteiger partial charge in [0.25, 0.3) is 0 Å². The second kappa shape index (κ2) is 8.18. The maximum absolute atomic E-state index is 12.2. The molecule has 0 atom stereocenters. The predicted molar refractivity (Wildman–Crippen MR) is 95.2 cm³/mol. The number of carbonyl (C=O) groups excluding carboxylic acids is 1. The average molecular weight is 309 g/mol. The number of hydrogen-bond donors (Lipinski definition) is 1. The van der Waals surface area contributed by atoms with E-state index in [2.05, 4.69) is 19.2 Å². The summed E-state index contributed by atoms with van der Waals surface area (Å²) in [6.07, 6.45) is 3.18. The molecule has 2 aromatic carbocycles. The molecule has 2 rings (SSSR count). The Morgan fingerprint density at radius 2 is 1.83 bits per heavy atom. The van der Waals surface area contributed by atoms with E-state index in [0.717, 1.165) is 11.4 Å². The number of ether oxygens (including phenoxy) is 1. The first-order valence-electron chi connectivity index (χ1n) is 7.91. The summed E-state index contributed by atoms with van der Waals surface area (Å²) in [5.74, 6) is 1.21. The van der Waals surface area contributed by atoms with Gasteiger partial charge in [-0.15, -0.1) is 0 Å². The summed E-state index contributed by atoms with van der Waals surface area (Å²) < 4.78 is 5.53. The number of hydrogen-bond acceptors (Lipinski definition) is 3. The molecular weight excluding hydrogens is 286 g/mol. The van der Waals surface area contributed by atoms with Crippen molar-refractivity contribution in [2.75, 3.05) is 11.9 Å². The van der Waals surface area contributed by atoms with E-state index in [4.69, 9.17) is 4.74 Å². The fourth-order valence-corrected chi connectivity index (χ4v) is 2.20. The first kappa shape index (κ1) is 16.8. The maximum Gasteiger partial charge on any atom is 0.187 e. The Hall–Kier alpha value is -2.55. The third-order valence-electron chi connectivity index (χ3n) is 3.52. The van der Waals surface area contributed by atoms with Gasteiger partial charge in [0.1, 0.15) is 5.75 Å². The van der Waals surface area contributed by atoms with Gasteiger partial charge >= 0.3 is 0 Å². The summed E-state index contributed by atoms with van der Waals surface area (Å²) in [6.45, 7) is 6.81. The maximum atomic E-state index is 12.2. The van der Waals surface area contributed by atoms with Crippen molar-refractivity contribution in [1.82, 2.24) is 0 Å². The number of carbonyl (C=O) groups is 1. The van der Waals surface area contributed by atoms with Gasteiger partial charge < -0.3 is 10.1 Å². The van der Waals surface area contributed by atoms with Crippen molar-refractivity contribution in [2.24, 2.45) is 0 Å². The lowest BCUT2D eigenvalue weighted by Crippen LogP contribution is -1.99. The largest absolute Gasteiger partial charge is 0.492 e. The van der Waals surface area contributed by atoms with Gasteiger partial charge in [-0.1, -0.05) is 50.2 Å². The Morgan fingerprint density at radius 3 is 2.48 bits per heavy atom. The molecule has 2 aromatic rings. The Balaban J connectivity index is 2.01. The predicted octanol–water partition coefficient (Wildman–Crippen LogP) is 5.02. The summed E-state index contributed by atoms with van der Waals surface area (Å²) in [6, 6.07) is 15.4. The van der Waals surface area contributed by atoms with Crippen LogP contribution >= 0.6 is 0 Å². The Bertz CT molecular complexity index is 672. The molecule has 0 aliphatic heterocycles. The first-order valence-corrected chi connectivity index (χ1v) is 7.91. The average Bonchev–Trinajstić information content (AvgIpc) is 2.56. The quantitative estimate of drug-likeness (QED) is 0.576. The summed E-state index contributed by atoms with van der Waals surface area (Å²) in [4.78, 5) is 12.2. The molecule has 0 bridgehead atoms. The number of nitrogens with one attached hydrogen (secondary N) is 1. The minimum atomic E-state index is -0.0262. The van der Waals surface area contributed by atoms with E-state index in [9.17, 15) is 4.79 Å². The van der Waals surface area contributed by atoms with Crippen molar-refractivity contribution in [1.29, 1.82) is 0 Å². The molecular formula is C20H23NO2. The van der Waals surface area contributed by atoms with Gasteiger partial charge in [0.05, 0.1) is 12.3 Å². The molecule has 120 valence electrons. The molecule has 0 spiro atoms. The third kappa shape index (κ3) is 4.71. The standard InChI is InChI=1S/C20H23NO2/c1-4-23-20-8-6-5-7-18(20)21-14-13-19(22)17-11-9-16(10-12-17)15(2)3/h5-15,21H,4H2,1-3H3/b14-13+. The highest BCUT2D eigenvalue weighted by molar-refractivity contribution is 6.04. The van der Waals surface area contributed by atoms with Crippen molar-refractivity contribution < 1.29 is 9.53 Å². The van der Waals surface area contributed by atoms with Crippen LogP contribution in [0.5, 0.6) is 5.75 Å². The molecule has 0 unspecified atom stereocenters. The zero-order chi connectivity index (χ0) is 16.7. The Morgan fingerprint density at radius 1 is 1.13 bits per heavy atom. The van der Waals surface area contributed by atoms with E-state index >= 15 is 0 Å². The molecule has 0 aliphatic carbocycles. The van der Waals surface area contributed by atoms with E-state index in [0.29, 0.717) is 18.1 Å². The number of benzene rings is 2. The fraction of sp³-hybridized carbons (Fsp3) is 0.250. The molecule has 0 radical (unpaired) electrons. The smallest absolute Gasteiger partial charge is 0.187 e. The Kier molecular flexibility index (Phi) is 5.98. The van der Waals surface area contributed by atoms with Crippen LogP contribution in [0.25, 0.3) is 0 Å². The normalized spacial score (nSPS) is 11.0. The van der Waals surface area contributed by atoms with Crippen LogP contribution in [0.2, 0.25) is 0 Å². The van der Waals surface area contributed by atoms with Crippen LogP contribution < -0.4 is 10.1 Å². The third-order valence-corrected chi connectivity index (χ3v) is 3.52. The van der Waals surface area contributed by atoms with Crippen LogP contribution in [-0.4, -0.2) is 12.4 Å². The van der Waals surface area contributed by atoms with Crippen molar-refractivity contribution in [3.8, 4) is 5.75 Å². The number of rotatable bonds is 7.